The van der Waals surface area contributed by atoms with Crippen molar-refractivity contribution in [3.05, 3.63) is 76.0 Å². The predicted molar refractivity (Wildman–Crippen MR) is 228 cm³/mol. The molecule has 3 aliphatic heterocycles. The predicted octanol–water partition coefficient (Wildman–Crippen LogP) is 7.55. The maximum Gasteiger partial charge on any atom is 0.246 e. The topological polar surface area (TPSA) is 113 Å². The standard InChI is InChI=1S/C49H65N3O6/c1-27(2)39-42(55)37-36-30(33-26-45(4,5)58-46(6,7)38(33)41(36)54)25-31-32-24-29-13-14-34-47(8,16-11-12-28(3)44(56)50-18-19-51-20-22-57-23-21-51)35(53)15-17-48(34,9)49(29,10)43(32)52(39)40(31)37/h11-12,16,25-26,29,34-35,38-39,41,53-54H,1,13-15,17-24H2,2-10H3,(H,50,56)/b16-11+,28-12+. The zero-order valence-corrected chi connectivity index (χ0v) is 36.3. The zero-order chi connectivity index (χ0) is 41.5. The van der Waals surface area contributed by atoms with Crippen molar-refractivity contribution in [2.24, 2.45) is 28.6 Å². The van der Waals surface area contributed by atoms with Crippen molar-refractivity contribution in [2.45, 2.75) is 129 Å². The van der Waals surface area contributed by atoms with Gasteiger partial charge in [0.25, 0.3) is 0 Å². The summed E-state index contributed by atoms with van der Waals surface area (Å²) in [6.45, 7) is 28.3. The van der Waals surface area contributed by atoms with Crippen LogP contribution in [0.3, 0.4) is 0 Å². The van der Waals surface area contributed by atoms with Gasteiger partial charge in [-0.25, -0.2) is 0 Å². The Balaban J connectivity index is 1.10. The number of hydrogen-bond donors (Lipinski definition) is 3. The second kappa shape index (κ2) is 13.3. The molecule has 58 heavy (non-hydrogen) atoms. The van der Waals surface area contributed by atoms with E-state index in [9.17, 15) is 19.8 Å². The molecule has 3 fully saturated rings. The van der Waals surface area contributed by atoms with Crippen LogP contribution in [0.5, 0.6) is 0 Å². The number of nitrogens with zero attached hydrogens (tertiary/aromatic N) is 2. The van der Waals surface area contributed by atoms with Gasteiger partial charge >= 0.3 is 0 Å². The van der Waals surface area contributed by atoms with Crippen LogP contribution in [0.15, 0.2) is 48.1 Å². The van der Waals surface area contributed by atoms with Crippen molar-refractivity contribution in [1.29, 1.82) is 0 Å². The Bertz CT molecular complexity index is 2220. The van der Waals surface area contributed by atoms with Gasteiger partial charge in [0, 0.05) is 65.1 Å². The van der Waals surface area contributed by atoms with E-state index in [0.717, 1.165) is 91.7 Å². The Morgan fingerprint density at radius 1 is 1.05 bits per heavy atom. The highest BCUT2D eigenvalue weighted by Crippen LogP contribution is 2.71. The molecule has 9 heteroatoms. The van der Waals surface area contributed by atoms with E-state index in [-0.39, 0.29) is 34.4 Å². The highest BCUT2D eigenvalue weighted by atomic mass is 16.5. The Morgan fingerprint density at radius 2 is 1.78 bits per heavy atom. The average molecular weight is 792 g/mol. The number of aliphatic hydroxyl groups excluding tert-OH is 2. The summed E-state index contributed by atoms with van der Waals surface area (Å²) in [5.41, 5.74) is 6.40. The minimum atomic E-state index is -0.858. The Morgan fingerprint density at radius 3 is 2.48 bits per heavy atom. The van der Waals surface area contributed by atoms with Crippen molar-refractivity contribution < 1.29 is 29.3 Å². The number of carbonyl (C=O) groups excluding carboxylic acids is 2. The molecule has 2 saturated carbocycles. The van der Waals surface area contributed by atoms with Crippen LogP contribution in [0.2, 0.25) is 0 Å². The van der Waals surface area contributed by atoms with E-state index in [1.54, 1.807) is 0 Å². The number of aromatic nitrogens is 1. The third-order valence-corrected chi connectivity index (χ3v) is 16.6. The van der Waals surface area contributed by atoms with Crippen molar-refractivity contribution in [3.8, 4) is 0 Å². The molecular formula is C49H65N3O6. The summed E-state index contributed by atoms with van der Waals surface area (Å²) in [6.07, 6.45) is 11.4. The number of morpholine rings is 1. The average Bonchev–Trinajstić information content (AvgIpc) is 3.82. The summed E-state index contributed by atoms with van der Waals surface area (Å²) < 4.78 is 14.4. The molecule has 2 aromatic rings. The van der Waals surface area contributed by atoms with E-state index in [4.69, 9.17) is 9.47 Å². The second-order valence-electron chi connectivity index (χ2n) is 20.7. The number of fused-ring (bicyclic) bond motifs is 11. The summed E-state index contributed by atoms with van der Waals surface area (Å²) in [5, 5.41) is 28.4. The molecule has 1 amide bonds. The van der Waals surface area contributed by atoms with Gasteiger partial charge in [-0.3, -0.25) is 14.5 Å². The minimum absolute atomic E-state index is 0.0344. The number of allylic oxidation sites excluding steroid dienone is 3. The van der Waals surface area contributed by atoms with Crippen molar-refractivity contribution in [2.75, 3.05) is 39.4 Å². The van der Waals surface area contributed by atoms with Gasteiger partial charge < -0.3 is 29.6 Å². The van der Waals surface area contributed by atoms with Crippen molar-refractivity contribution in [3.63, 3.8) is 0 Å². The number of Topliss-reactive ketones (excluding diaryl/α,β-unsaturated/α-hetero) is 1. The highest BCUT2D eigenvalue weighted by Gasteiger charge is 2.68. The molecule has 4 aliphatic carbocycles. The molecule has 4 heterocycles. The fraction of sp³-hybridized carbons (Fsp3) is 0.633. The molecule has 1 aromatic carbocycles. The van der Waals surface area contributed by atoms with E-state index in [1.807, 2.05) is 26.0 Å². The van der Waals surface area contributed by atoms with Crippen LogP contribution in [0.1, 0.15) is 133 Å². The summed E-state index contributed by atoms with van der Waals surface area (Å²) in [4.78, 5) is 30.3. The highest BCUT2D eigenvalue weighted by molar-refractivity contribution is 6.18. The molecule has 9 rings (SSSR count). The largest absolute Gasteiger partial charge is 0.392 e. The van der Waals surface area contributed by atoms with E-state index >= 15 is 0 Å². The Kier molecular flexibility index (Phi) is 9.21. The lowest BCUT2D eigenvalue weighted by Crippen LogP contribution is -2.62. The van der Waals surface area contributed by atoms with Gasteiger partial charge in [-0.2, -0.15) is 0 Å². The smallest absolute Gasteiger partial charge is 0.246 e. The summed E-state index contributed by atoms with van der Waals surface area (Å²) >= 11 is 0. The SMILES string of the molecule is C=C(C)C1C(=O)c2c3c(cc4c5c(n1c24)C1(C)C(CCC2C(C)(/C=C/C=C(\C)C(=O)NCCN4CCOCC4)C(O)CCC21C)C5)C1=CC(C)(C)OC(C)(C)C1C3O. The van der Waals surface area contributed by atoms with Gasteiger partial charge in [0.2, 0.25) is 5.91 Å². The monoisotopic (exact) mass is 791 g/mol. The quantitative estimate of drug-likeness (QED) is 0.151. The van der Waals surface area contributed by atoms with Crippen LogP contribution >= 0.6 is 0 Å². The van der Waals surface area contributed by atoms with Gasteiger partial charge in [-0.05, 0) is 120 Å². The van der Waals surface area contributed by atoms with Crippen LogP contribution in [-0.4, -0.2) is 88.1 Å². The zero-order valence-electron chi connectivity index (χ0n) is 36.3. The molecular weight excluding hydrogens is 727 g/mol. The number of hydrogen-bond acceptors (Lipinski definition) is 7. The number of amides is 1. The van der Waals surface area contributed by atoms with E-state index in [2.05, 4.69) is 88.0 Å². The fourth-order valence-electron chi connectivity index (χ4n) is 13.9. The minimum Gasteiger partial charge on any atom is -0.392 e. The number of aliphatic hydroxyl groups is 2. The van der Waals surface area contributed by atoms with Crippen LogP contribution in [0.4, 0.5) is 0 Å². The second-order valence-corrected chi connectivity index (χ2v) is 20.7. The molecule has 9 unspecified atom stereocenters. The van der Waals surface area contributed by atoms with Crippen LogP contribution in [0.25, 0.3) is 16.5 Å². The normalized spacial score (nSPS) is 37.3. The lowest BCUT2D eigenvalue weighted by molar-refractivity contribution is -0.144. The van der Waals surface area contributed by atoms with Crippen molar-refractivity contribution >= 4 is 28.2 Å². The van der Waals surface area contributed by atoms with E-state index < -0.39 is 34.9 Å². The molecule has 9 nitrogen and oxygen atoms in total. The lowest BCUT2D eigenvalue weighted by Gasteiger charge is -2.64. The van der Waals surface area contributed by atoms with Crippen molar-refractivity contribution in [1.82, 2.24) is 14.8 Å². The maximum absolute atomic E-state index is 15.0. The molecule has 0 spiro atoms. The third kappa shape index (κ3) is 5.44. The fourth-order valence-corrected chi connectivity index (χ4v) is 13.9. The van der Waals surface area contributed by atoms with Gasteiger partial charge in [0.15, 0.2) is 5.78 Å². The summed E-state index contributed by atoms with van der Waals surface area (Å²) in [6, 6.07) is 1.78. The first-order chi connectivity index (χ1) is 27.3. The molecule has 0 radical (unpaired) electrons. The number of ether oxygens (including phenoxy) is 2. The van der Waals surface area contributed by atoms with Gasteiger partial charge in [0.05, 0.1) is 47.7 Å². The molecule has 7 aliphatic rings. The Labute approximate surface area is 344 Å². The first-order valence-corrected chi connectivity index (χ1v) is 21.9. The summed E-state index contributed by atoms with van der Waals surface area (Å²) in [7, 11) is 0. The van der Waals surface area contributed by atoms with Crippen LogP contribution in [0, 0.1) is 28.6 Å². The number of ketones is 1. The first kappa shape index (κ1) is 40.1. The van der Waals surface area contributed by atoms with Gasteiger partial charge in [-0.1, -0.05) is 51.2 Å². The van der Waals surface area contributed by atoms with Gasteiger partial charge in [0.1, 0.15) is 6.04 Å². The van der Waals surface area contributed by atoms with E-state index in [0.29, 0.717) is 30.0 Å². The van der Waals surface area contributed by atoms with Crippen LogP contribution < -0.4 is 5.32 Å². The third-order valence-electron chi connectivity index (χ3n) is 16.6. The molecule has 1 aromatic heterocycles. The molecule has 312 valence electrons. The molecule has 9 atom stereocenters. The number of carbonyl (C=O) groups is 2. The number of nitrogens with one attached hydrogen (secondary N) is 1. The maximum atomic E-state index is 15.0. The lowest BCUT2D eigenvalue weighted by atomic mass is 9.40. The number of rotatable bonds is 7. The molecule has 0 bridgehead atoms. The van der Waals surface area contributed by atoms with Gasteiger partial charge in [-0.15, -0.1) is 0 Å². The Hall–Kier alpha value is -3.34. The van der Waals surface area contributed by atoms with Crippen LogP contribution in [-0.2, 0) is 26.1 Å². The molecule has 3 N–H and O–H groups in total. The number of benzene rings is 1. The first-order valence-electron chi connectivity index (χ1n) is 21.9. The van der Waals surface area contributed by atoms with E-state index in [1.165, 1.54) is 11.3 Å². The summed E-state index contributed by atoms with van der Waals surface area (Å²) in [5.74, 6) is 0.238. The molecule has 1 saturated heterocycles.